The molecule has 1 aromatic rings. The molecule has 0 atom stereocenters. The van der Waals surface area contributed by atoms with E-state index < -0.39 is 0 Å². The molecule has 1 fully saturated rings. The monoisotopic (exact) mass is 267 g/mol. The number of rotatable bonds is 5. The van der Waals surface area contributed by atoms with Gasteiger partial charge >= 0.3 is 0 Å². The molecule has 0 radical (unpaired) electrons. The van der Waals surface area contributed by atoms with Crippen LogP contribution in [0.3, 0.4) is 0 Å². The average Bonchev–Trinajstić information content (AvgIpc) is 2.88. The Bertz CT molecular complexity index is 398. The van der Waals surface area contributed by atoms with Gasteiger partial charge < -0.3 is 10.2 Å². The van der Waals surface area contributed by atoms with Crippen LogP contribution < -0.4 is 10.2 Å². The summed E-state index contributed by atoms with van der Waals surface area (Å²) >= 11 is 1.88. The lowest BCUT2D eigenvalue weighted by Gasteiger charge is -2.31. The molecule has 1 N–H and O–H groups in total. The van der Waals surface area contributed by atoms with E-state index in [2.05, 4.69) is 37.9 Å². The Morgan fingerprint density at radius 1 is 1.39 bits per heavy atom. The second-order valence-electron chi connectivity index (χ2n) is 5.57. The van der Waals surface area contributed by atoms with E-state index in [1.807, 2.05) is 11.3 Å². The summed E-state index contributed by atoms with van der Waals surface area (Å²) in [6.45, 7) is 12.1. The Labute approximate surface area is 115 Å². The van der Waals surface area contributed by atoms with Crippen molar-refractivity contribution in [3.63, 3.8) is 0 Å². The molecule has 3 nitrogen and oxygen atoms in total. The number of nitrogens with one attached hydrogen (secondary N) is 1. The minimum Gasteiger partial charge on any atom is -0.343 e. The molecule has 2 rings (SSSR count). The molecular weight excluding hydrogens is 242 g/mol. The van der Waals surface area contributed by atoms with Crippen LogP contribution in [0.5, 0.6) is 0 Å². The Morgan fingerprint density at radius 2 is 2.17 bits per heavy atom. The number of hydrogen-bond acceptors (Lipinski definition) is 4. The molecule has 2 heterocycles. The topological polar surface area (TPSA) is 28.2 Å². The van der Waals surface area contributed by atoms with Crippen molar-refractivity contribution >= 4 is 16.5 Å². The van der Waals surface area contributed by atoms with Gasteiger partial charge in [0.2, 0.25) is 0 Å². The van der Waals surface area contributed by atoms with Crippen molar-refractivity contribution < 1.29 is 0 Å². The second-order valence-corrected chi connectivity index (χ2v) is 6.63. The van der Waals surface area contributed by atoms with E-state index in [-0.39, 0.29) is 5.54 Å². The molecule has 0 unspecified atom stereocenters. The number of thiazole rings is 1. The molecule has 0 aliphatic carbocycles. The smallest absolute Gasteiger partial charge is 0.186 e. The third kappa shape index (κ3) is 2.69. The number of aryl methyl sites for hydroxylation is 1. The molecule has 0 saturated carbocycles. The van der Waals surface area contributed by atoms with Crippen molar-refractivity contribution in [3.05, 3.63) is 10.6 Å². The van der Waals surface area contributed by atoms with Gasteiger partial charge in [-0.3, -0.25) is 0 Å². The van der Waals surface area contributed by atoms with Crippen LogP contribution in [0.4, 0.5) is 5.13 Å². The first-order valence-corrected chi connectivity index (χ1v) is 7.87. The van der Waals surface area contributed by atoms with Crippen LogP contribution in [0.2, 0.25) is 0 Å². The van der Waals surface area contributed by atoms with Crippen molar-refractivity contribution in [1.82, 2.24) is 10.3 Å². The third-order valence-electron chi connectivity index (χ3n) is 3.77. The lowest BCUT2D eigenvalue weighted by Crippen LogP contribution is -2.38. The summed E-state index contributed by atoms with van der Waals surface area (Å²) < 4.78 is 0. The first kappa shape index (κ1) is 13.8. The normalized spacial score (nSPS) is 18.6. The maximum atomic E-state index is 4.86. The van der Waals surface area contributed by atoms with Gasteiger partial charge in [0.1, 0.15) is 0 Å². The summed E-state index contributed by atoms with van der Waals surface area (Å²) in [6, 6.07) is 0. The minimum absolute atomic E-state index is 0.276. The van der Waals surface area contributed by atoms with Gasteiger partial charge in [0, 0.05) is 23.5 Å². The van der Waals surface area contributed by atoms with Gasteiger partial charge in [-0.15, -0.1) is 11.3 Å². The molecular formula is C14H25N3S. The molecule has 4 heteroatoms. The van der Waals surface area contributed by atoms with Gasteiger partial charge in [-0.1, -0.05) is 13.8 Å². The SMILES string of the molecule is CCNCc1sc(N2CCCC2(C)C)nc1CC. The zero-order chi connectivity index (χ0) is 13.2. The van der Waals surface area contributed by atoms with E-state index in [1.54, 1.807) is 0 Å². The summed E-state index contributed by atoms with van der Waals surface area (Å²) in [6.07, 6.45) is 3.60. The summed E-state index contributed by atoms with van der Waals surface area (Å²) in [5, 5.41) is 4.64. The highest BCUT2D eigenvalue weighted by atomic mass is 32.1. The third-order valence-corrected chi connectivity index (χ3v) is 4.89. The van der Waals surface area contributed by atoms with Gasteiger partial charge in [0.25, 0.3) is 0 Å². The van der Waals surface area contributed by atoms with Gasteiger partial charge in [-0.2, -0.15) is 0 Å². The molecule has 1 aliphatic rings. The first-order valence-electron chi connectivity index (χ1n) is 7.05. The van der Waals surface area contributed by atoms with Gasteiger partial charge in [0.15, 0.2) is 5.13 Å². The van der Waals surface area contributed by atoms with Crippen molar-refractivity contribution in [1.29, 1.82) is 0 Å². The molecule has 18 heavy (non-hydrogen) atoms. The summed E-state index contributed by atoms with van der Waals surface area (Å²) in [5.74, 6) is 0. The Morgan fingerprint density at radius 3 is 2.72 bits per heavy atom. The fraction of sp³-hybridized carbons (Fsp3) is 0.786. The zero-order valence-corrected chi connectivity index (χ0v) is 12.9. The summed E-state index contributed by atoms with van der Waals surface area (Å²) in [4.78, 5) is 8.77. The van der Waals surface area contributed by atoms with Gasteiger partial charge in [-0.05, 0) is 39.7 Å². The van der Waals surface area contributed by atoms with Crippen LogP contribution in [0, 0.1) is 0 Å². The Kier molecular flexibility index (Phi) is 4.28. The van der Waals surface area contributed by atoms with E-state index in [0.717, 1.165) is 26.1 Å². The largest absolute Gasteiger partial charge is 0.343 e. The van der Waals surface area contributed by atoms with E-state index in [4.69, 9.17) is 4.98 Å². The molecule has 0 bridgehead atoms. The Balaban J connectivity index is 2.21. The second kappa shape index (κ2) is 5.57. The van der Waals surface area contributed by atoms with Gasteiger partial charge in [-0.25, -0.2) is 4.98 Å². The first-order chi connectivity index (χ1) is 8.58. The van der Waals surface area contributed by atoms with Crippen LogP contribution in [0.15, 0.2) is 0 Å². The lowest BCUT2D eigenvalue weighted by atomic mass is 10.0. The maximum absolute atomic E-state index is 4.86. The van der Waals surface area contributed by atoms with Crippen LogP contribution in [0.1, 0.15) is 51.1 Å². The zero-order valence-electron chi connectivity index (χ0n) is 12.0. The van der Waals surface area contributed by atoms with Crippen molar-refractivity contribution in [2.24, 2.45) is 0 Å². The fourth-order valence-electron chi connectivity index (χ4n) is 2.60. The highest BCUT2D eigenvalue weighted by molar-refractivity contribution is 7.15. The Hall–Kier alpha value is -0.610. The molecule has 0 amide bonds. The quantitative estimate of drug-likeness (QED) is 0.888. The highest BCUT2D eigenvalue weighted by Gasteiger charge is 2.34. The van der Waals surface area contributed by atoms with Gasteiger partial charge in [0.05, 0.1) is 5.69 Å². The molecule has 102 valence electrons. The van der Waals surface area contributed by atoms with Crippen LogP contribution >= 0.6 is 11.3 Å². The molecule has 0 spiro atoms. The minimum atomic E-state index is 0.276. The molecule has 0 aromatic carbocycles. The van der Waals surface area contributed by atoms with Crippen molar-refractivity contribution in [2.75, 3.05) is 18.0 Å². The lowest BCUT2D eigenvalue weighted by molar-refractivity contribution is 0.517. The molecule has 1 aliphatic heterocycles. The number of nitrogens with zero attached hydrogens (tertiary/aromatic N) is 2. The average molecular weight is 267 g/mol. The van der Waals surface area contributed by atoms with Crippen LogP contribution in [-0.2, 0) is 13.0 Å². The van der Waals surface area contributed by atoms with E-state index in [9.17, 15) is 0 Å². The number of hydrogen-bond donors (Lipinski definition) is 1. The predicted molar refractivity (Wildman–Crippen MR) is 79.5 cm³/mol. The van der Waals surface area contributed by atoms with E-state index >= 15 is 0 Å². The van der Waals surface area contributed by atoms with Crippen LogP contribution in [-0.4, -0.2) is 23.6 Å². The summed E-state index contributed by atoms with van der Waals surface area (Å²) in [5.41, 5.74) is 1.55. The van der Waals surface area contributed by atoms with E-state index in [1.165, 1.54) is 28.5 Å². The van der Waals surface area contributed by atoms with Crippen molar-refractivity contribution in [2.45, 2.75) is 59.0 Å². The molecule has 1 saturated heterocycles. The van der Waals surface area contributed by atoms with E-state index in [0.29, 0.717) is 0 Å². The summed E-state index contributed by atoms with van der Waals surface area (Å²) in [7, 11) is 0. The standard InChI is InChI=1S/C14H25N3S/c1-5-11-12(10-15-6-2)18-13(16-11)17-9-7-8-14(17,3)4/h15H,5-10H2,1-4H3. The highest BCUT2D eigenvalue weighted by Crippen LogP contribution is 2.37. The fourth-order valence-corrected chi connectivity index (χ4v) is 3.91. The number of aromatic nitrogens is 1. The van der Waals surface area contributed by atoms with Crippen LogP contribution in [0.25, 0.3) is 0 Å². The van der Waals surface area contributed by atoms with Crippen molar-refractivity contribution in [3.8, 4) is 0 Å². The predicted octanol–water partition coefficient (Wildman–Crippen LogP) is 3.19. The maximum Gasteiger partial charge on any atom is 0.186 e. The number of anilines is 1. The molecule has 1 aromatic heterocycles.